The van der Waals surface area contributed by atoms with E-state index in [0.29, 0.717) is 19.0 Å². The molecule has 1 aromatic carbocycles. The van der Waals surface area contributed by atoms with E-state index in [2.05, 4.69) is 15.1 Å². The van der Waals surface area contributed by atoms with Crippen molar-refractivity contribution in [2.75, 3.05) is 31.2 Å². The summed E-state index contributed by atoms with van der Waals surface area (Å²) in [4.78, 5) is 11.9. The SMILES string of the molecule is Clc1cc2nc(-c3cccc4[nH]ncc34)nc(N3CCOCC3)c2s1. The standard InChI is InChI=1S/C17H14ClN5OS/c18-14-8-13-15(25-14)17(23-4-6-24-7-5-23)21-16(20-13)10-2-1-3-12-11(10)9-19-22-12/h1-3,8-9H,4-7H2,(H,19,22). The number of hydrogen-bond acceptors (Lipinski definition) is 6. The minimum atomic E-state index is 0.690. The van der Waals surface area contributed by atoms with E-state index in [0.717, 1.165) is 49.9 Å². The number of hydrogen-bond donors (Lipinski definition) is 1. The summed E-state index contributed by atoms with van der Waals surface area (Å²) < 4.78 is 7.22. The van der Waals surface area contributed by atoms with E-state index in [-0.39, 0.29) is 0 Å². The highest BCUT2D eigenvalue weighted by atomic mass is 35.5. The van der Waals surface area contributed by atoms with Crippen molar-refractivity contribution in [2.45, 2.75) is 0 Å². The summed E-state index contributed by atoms with van der Waals surface area (Å²) in [5.74, 6) is 1.62. The zero-order valence-corrected chi connectivity index (χ0v) is 14.8. The van der Waals surface area contributed by atoms with Crippen molar-refractivity contribution in [3.8, 4) is 11.4 Å². The van der Waals surface area contributed by atoms with Gasteiger partial charge < -0.3 is 9.64 Å². The highest BCUT2D eigenvalue weighted by Gasteiger charge is 2.20. The summed E-state index contributed by atoms with van der Waals surface area (Å²) in [5, 5.41) is 8.15. The van der Waals surface area contributed by atoms with Crippen LogP contribution in [0.15, 0.2) is 30.5 Å². The zero-order chi connectivity index (χ0) is 16.8. The van der Waals surface area contributed by atoms with Crippen LogP contribution in [-0.2, 0) is 4.74 Å². The van der Waals surface area contributed by atoms with E-state index in [1.807, 2.05) is 30.5 Å². The molecule has 1 N–H and O–H groups in total. The summed E-state index contributed by atoms with van der Waals surface area (Å²) in [7, 11) is 0. The van der Waals surface area contributed by atoms with Gasteiger partial charge in [0, 0.05) is 24.0 Å². The Morgan fingerprint density at radius 3 is 2.96 bits per heavy atom. The first kappa shape index (κ1) is 15.1. The summed E-state index contributed by atoms with van der Waals surface area (Å²) >= 11 is 7.78. The van der Waals surface area contributed by atoms with E-state index in [1.54, 1.807) is 0 Å². The normalized spacial score (nSPS) is 15.3. The van der Waals surface area contributed by atoms with Crippen LogP contribution >= 0.6 is 22.9 Å². The van der Waals surface area contributed by atoms with Gasteiger partial charge in [-0.15, -0.1) is 11.3 Å². The van der Waals surface area contributed by atoms with Crippen molar-refractivity contribution in [3.05, 3.63) is 34.8 Å². The molecule has 126 valence electrons. The Morgan fingerprint density at radius 1 is 1.20 bits per heavy atom. The van der Waals surface area contributed by atoms with Crippen LogP contribution in [0, 0.1) is 0 Å². The lowest BCUT2D eigenvalue weighted by Gasteiger charge is -2.28. The van der Waals surface area contributed by atoms with Gasteiger partial charge in [0.1, 0.15) is 0 Å². The minimum absolute atomic E-state index is 0.690. The number of nitrogens with zero attached hydrogens (tertiary/aromatic N) is 4. The van der Waals surface area contributed by atoms with Gasteiger partial charge in [-0.2, -0.15) is 5.10 Å². The molecule has 1 saturated heterocycles. The van der Waals surface area contributed by atoms with Crippen LogP contribution in [0.25, 0.3) is 32.5 Å². The number of anilines is 1. The first-order valence-electron chi connectivity index (χ1n) is 8.02. The molecule has 6 nitrogen and oxygen atoms in total. The molecule has 0 radical (unpaired) electrons. The molecule has 1 aliphatic rings. The lowest BCUT2D eigenvalue weighted by atomic mass is 10.1. The van der Waals surface area contributed by atoms with E-state index in [4.69, 9.17) is 26.3 Å². The highest BCUT2D eigenvalue weighted by Crippen LogP contribution is 2.37. The van der Waals surface area contributed by atoms with Crippen LogP contribution in [-0.4, -0.2) is 46.5 Å². The number of fused-ring (bicyclic) bond motifs is 2. The molecule has 1 aliphatic heterocycles. The maximum Gasteiger partial charge on any atom is 0.162 e. The molecule has 0 atom stereocenters. The monoisotopic (exact) mass is 371 g/mol. The molecule has 4 heterocycles. The smallest absolute Gasteiger partial charge is 0.162 e. The number of thiophene rings is 1. The summed E-state index contributed by atoms with van der Waals surface area (Å²) in [6, 6.07) is 7.91. The van der Waals surface area contributed by atoms with Crippen LogP contribution < -0.4 is 4.90 Å². The number of benzene rings is 1. The van der Waals surface area contributed by atoms with Gasteiger partial charge in [0.2, 0.25) is 0 Å². The van der Waals surface area contributed by atoms with Gasteiger partial charge in [-0.05, 0) is 12.1 Å². The summed E-state index contributed by atoms with van der Waals surface area (Å²) in [5.41, 5.74) is 2.81. The Hall–Kier alpha value is -2.22. The first-order chi connectivity index (χ1) is 12.3. The average Bonchev–Trinajstić information content (AvgIpc) is 3.26. The molecule has 0 spiro atoms. The largest absolute Gasteiger partial charge is 0.378 e. The van der Waals surface area contributed by atoms with Gasteiger partial charge >= 0.3 is 0 Å². The Bertz CT molecular complexity index is 1070. The van der Waals surface area contributed by atoms with E-state index in [9.17, 15) is 0 Å². The highest BCUT2D eigenvalue weighted by molar-refractivity contribution is 7.23. The van der Waals surface area contributed by atoms with Crippen molar-refractivity contribution in [2.24, 2.45) is 0 Å². The minimum Gasteiger partial charge on any atom is -0.378 e. The fourth-order valence-electron chi connectivity index (χ4n) is 3.16. The number of morpholine rings is 1. The van der Waals surface area contributed by atoms with Crippen LogP contribution in [0.2, 0.25) is 4.34 Å². The topological polar surface area (TPSA) is 66.9 Å². The zero-order valence-electron chi connectivity index (χ0n) is 13.2. The van der Waals surface area contributed by atoms with E-state index in [1.165, 1.54) is 11.3 Å². The molecule has 0 bridgehead atoms. The average molecular weight is 372 g/mol. The summed E-state index contributed by atoms with van der Waals surface area (Å²) in [6.45, 7) is 3.04. The fraction of sp³-hybridized carbons (Fsp3) is 0.235. The molecule has 4 aromatic rings. The summed E-state index contributed by atoms with van der Waals surface area (Å²) in [6.07, 6.45) is 1.81. The van der Waals surface area contributed by atoms with Crippen molar-refractivity contribution >= 4 is 49.9 Å². The number of aromatic nitrogens is 4. The number of halogens is 1. The Morgan fingerprint density at radius 2 is 2.08 bits per heavy atom. The molecule has 0 saturated carbocycles. The number of H-pyrrole nitrogens is 1. The Kier molecular flexibility index (Phi) is 3.58. The van der Waals surface area contributed by atoms with Crippen molar-refractivity contribution in [1.29, 1.82) is 0 Å². The maximum absolute atomic E-state index is 6.26. The molecule has 0 unspecified atom stereocenters. The van der Waals surface area contributed by atoms with Crippen molar-refractivity contribution < 1.29 is 4.74 Å². The first-order valence-corrected chi connectivity index (χ1v) is 9.21. The number of rotatable bonds is 2. The molecule has 25 heavy (non-hydrogen) atoms. The van der Waals surface area contributed by atoms with Crippen molar-refractivity contribution in [1.82, 2.24) is 20.2 Å². The second-order valence-electron chi connectivity index (χ2n) is 5.87. The predicted molar refractivity (Wildman–Crippen MR) is 101 cm³/mol. The van der Waals surface area contributed by atoms with Gasteiger partial charge in [0.25, 0.3) is 0 Å². The second kappa shape index (κ2) is 5.94. The lowest BCUT2D eigenvalue weighted by Crippen LogP contribution is -2.36. The van der Waals surface area contributed by atoms with Gasteiger partial charge in [-0.25, -0.2) is 9.97 Å². The maximum atomic E-state index is 6.26. The van der Waals surface area contributed by atoms with E-state index < -0.39 is 0 Å². The van der Waals surface area contributed by atoms with Gasteiger partial charge in [0.05, 0.1) is 39.5 Å². The van der Waals surface area contributed by atoms with Crippen LogP contribution in [0.1, 0.15) is 0 Å². The number of aromatic amines is 1. The molecule has 8 heteroatoms. The Labute approximate surface area is 152 Å². The quantitative estimate of drug-likeness (QED) is 0.581. The molecule has 1 fully saturated rings. The van der Waals surface area contributed by atoms with Gasteiger partial charge in [-0.1, -0.05) is 23.7 Å². The molecule has 0 aliphatic carbocycles. The second-order valence-corrected chi connectivity index (χ2v) is 7.56. The molecule has 3 aromatic heterocycles. The third-order valence-electron chi connectivity index (χ3n) is 4.36. The van der Waals surface area contributed by atoms with Crippen LogP contribution in [0.3, 0.4) is 0 Å². The van der Waals surface area contributed by atoms with Gasteiger partial charge in [-0.3, -0.25) is 5.10 Å². The van der Waals surface area contributed by atoms with Crippen LogP contribution in [0.5, 0.6) is 0 Å². The van der Waals surface area contributed by atoms with Gasteiger partial charge in [0.15, 0.2) is 11.6 Å². The fourth-order valence-corrected chi connectivity index (χ4v) is 4.33. The third-order valence-corrected chi connectivity index (χ3v) is 5.61. The molecule has 0 amide bonds. The van der Waals surface area contributed by atoms with E-state index >= 15 is 0 Å². The number of nitrogens with one attached hydrogen (secondary N) is 1. The molecular weight excluding hydrogens is 358 g/mol. The molecular formula is C17H14ClN5OS. The van der Waals surface area contributed by atoms with Crippen LogP contribution in [0.4, 0.5) is 5.82 Å². The lowest BCUT2D eigenvalue weighted by molar-refractivity contribution is 0.122. The molecule has 5 rings (SSSR count). The Balaban J connectivity index is 1.75. The third kappa shape index (κ3) is 2.55. The number of ether oxygens (including phenoxy) is 1. The predicted octanol–water partition coefficient (Wildman–Crippen LogP) is 3.72. The van der Waals surface area contributed by atoms with Crippen molar-refractivity contribution in [3.63, 3.8) is 0 Å².